The Morgan fingerprint density at radius 1 is 1.16 bits per heavy atom. The number of hydrogen-bond acceptors (Lipinski definition) is 2. The first-order valence-corrected chi connectivity index (χ1v) is 6.87. The molecule has 0 saturated heterocycles. The average molecular weight is 274 g/mol. The maximum absolute atomic E-state index is 6.28. The molecule has 1 atom stereocenters. The first kappa shape index (κ1) is 12.4. The molecule has 3 heteroatoms. The second kappa shape index (κ2) is 5.14. The molecule has 98 valence electrons. The Bertz CT molecular complexity index is 577. The van der Waals surface area contributed by atoms with Gasteiger partial charge in [-0.1, -0.05) is 41.9 Å². The van der Waals surface area contributed by atoms with Crippen LogP contribution in [0.5, 0.6) is 5.75 Å². The van der Waals surface area contributed by atoms with E-state index in [2.05, 4.69) is 24.4 Å². The molecule has 2 aromatic rings. The van der Waals surface area contributed by atoms with Crippen LogP contribution in [0.3, 0.4) is 0 Å². The molecule has 1 N–H and O–H groups in total. The van der Waals surface area contributed by atoms with E-state index in [0.717, 1.165) is 35.1 Å². The van der Waals surface area contributed by atoms with Crippen LogP contribution in [0.1, 0.15) is 23.6 Å². The number of nitrogens with one attached hydrogen (secondary N) is 1. The van der Waals surface area contributed by atoms with E-state index in [1.165, 1.54) is 5.56 Å². The van der Waals surface area contributed by atoms with Gasteiger partial charge < -0.3 is 10.1 Å². The minimum absolute atomic E-state index is 0.253. The third kappa shape index (κ3) is 2.41. The fraction of sp³-hybridized carbons (Fsp3) is 0.250. The van der Waals surface area contributed by atoms with E-state index in [0.29, 0.717) is 0 Å². The van der Waals surface area contributed by atoms with Crippen molar-refractivity contribution >= 4 is 17.3 Å². The van der Waals surface area contributed by atoms with Crippen molar-refractivity contribution in [3.05, 3.63) is 58.6 Å². The minimum atomic E-state index is 0.253. The molecule has 1 unspecified atom stereocenters. The Morgan fingerprint density at radius 3 is 2.84 bits per heavy atom. The van der Waals surface area contributed by atoms with Crippen LogP contribution >= 0.6 is 11.6 Å². The molecule has 0 fully saturated rings. The number of anilines is 1. The van der Waals surface area contributed by atoms with Gasteiger partial charge in [-0.05, 0) is 24.6 Å². The summed E-state index contributed by atoms with van der Waals surface area (Å²) in [6.45, 7) is 2.80. The van der Waals surface area contributed by atoms with E-state index in [1.807, 2.05) is 30.3 Å². The summed E-state index contributed by atoms with van der Waals surface area (Å²) in [5, 5.41) is 4.33. The van der Waals surface area contributed by atoms with Gasteiger partial charge in [0.1, 0.15) is 5.75 Å². The summed E-state index contributed by atoms with van der Waals surface area (Å²) in [5.74, 6) is 0.968. The maximum Gasteiger partial charge on any atom is 0.124 e. The number of ether oxygens (including phenoxy) is 1. The summed E-state index contributed by atoms with van der Waals surface area (Å²) in [7, 11) is 0. The minimum Gasteiger partial charge on any atom is -0.493 e. The lowest BCUT2D eigenvalue weighted by Gasteiger charge is -2.28. The molecule has 0 bridgehead atoms. The highest BCUT2D eigenvalue weighted by Gasteiger charge is 2.21. The molecule has 0 radical (unpaired) electrons. The first-order valence-electron chi connectivity index (χ1n) is 6.49. The fourth-order valence-corrected chi connectivity index (χ4v) is 2.76. The molecular formula is C16H16ClNO. The lowest BCUT2D eigenvalue weighted by atomic mass is 10.00. The summed E-state index contributed by atoms with van der Waals surface area (Å²) in [4.78, 5) is 0. The van der Waals surface area contributed by atoms with Gasteiger partial charge in [0.05, 0.1) is 23.4 Å². The van der Waals surface area contributed by atoms with Crippen molar-refractivity contribution in [2.45, 2.75) is 19.4 Å². The standard InChI is InChI=1S/C16H16ClNO/c1-11-5-4-7-13(17)16(11)18-14-9-10-19-15-8-3-2-6-12(14)15/h2-8,14,18H,9-10H2,1H3. The van der Waals surface area contributed by atoms with Crippen LogP contribution < -0.4 is 10.1 Å². The van der Waals surface area contributed by atoms with Crippen LogP contribution in [0.25, 0.3) is 0 Å². The maximum atomic E-state index is 6.28. The SMILES string of the molecule is Cc1cccc(Cl)c1NC1CCOc2ccccc21. The van der Waals surface area contributed by atoms with Crippen LogP contribution in [0, 0.1) is 6.92 Å². The second-order valence-electron chi connectivity index (χ2n) is 4.80. The molecule has 19 heavy (non-hydrogen) atoms. The second-order valence-corrected chi connectivity index (χ2v) is 5.21. The molecule has 0 aromatic heterocycles. The largest absolute Gasteiger partial charge is 0.493 e. The number of halogens is 1. The zero-order valence-electron chi connectivity index (χ0n) is 10.8. The molecule has 1 aliphatic heterocycles. The third-order valence-corrected chi connectivity index (χ3v) is 3.81. The number of fused-ring (bicyclic) bond motifs is 1. The van der Waals surface area contributed by atoms with Crippen molar-refractivity contribution in [2.24, 2.45) is 0 Å². The lowest BCUT2D eigenvalue weighted by Crippen LogP contribution is -2.20. The van der Waals surface area contributed by atoms with Crippen molar-refractivity contribution < 1.29 is 4.74 Å². The van der Waals surface area contributed by atoms with Crippen LogP contribution in [0.4, 0.5) is 5.69 Å². The topological polar surface area (TPSA) is 21.3 Å². The van der Waals surface area contributed by atoms with Gasteiger partial charge >= 0.3 is 0 Å². The van der Waals surface area contributed by atoms with Crippen LogP contribution in [0.15, 0.2) is 42.5 Å². The highest BCUT2D eigenvalue weighted by molar-refractivity contribution is 6.33. The van der Waals surface area contributed by atoms with Crippen LogP contribution in [-0.2, 0) is 0 Å². The van der Waals surface area contributed by atoms with Crippen molar-refractivity contribution in [1.82, 2.24) is 0 Å². The van der Waals surface area contributed by atoms with E-state index >= 15 is 0 Å². The molecular weight excluding hydrogens is 258 g/mol. The molecule has 1 heterocycles. The Hall–Kier alpha value is -1.67. The molecule has 0 saturated carbocycles. The quantitative estimate of drug-likeness (QED) is 0.864. The zero-order valence-corrected chi connectivity index (χ0v) is 11.6. The lowest BCUT2D eigenvalue weighted by molar-refractivity contribution is 0.274. The van der Waals surface area contributed by atoms with E-state index in [1.54, 1.807) is 0 Å². The zero-order chi connectivity index (χ0) is 13.2. The molecule has 2 nitrogen and oxygen atoms in total. The Kier molecular flexibility index (Phi) is 3.34. The van der Waals surface area contributed by atoms with Gasteiger partial charge in [0.15, 0.2) is 0 Å². The van der Waals surface area contributed by atoms with Gasteiger partial charge in [-0.2, -0.15) is 0 Å². The summed E-state index contributed by atoms with van der Waals surface area (Å²) < 4.78 is 5.68. The van der Waals surface area contributed by atoms with E-state index in [9.17, 15) is 0 Å². The predicted octanol–water partition coefficient (Wildman–Crippen LogP) is 4.58. The van der Waals surface area contributed by atoms with Crippen molar-refractivity contribution in [3.63, 3.8) is 0 Å². The van der Waals surface area contributed by atoms with Gasteiger partial charge in [-0.25, -0.2) is 0 Å². The molecule has 0 aliphatic carbocycles. The smallest absolute Gasteiger partial charge is 0.124 e. The average Bonchev–Trinajstić information content (AvgIpc) is 2.43. The normalized spacial score (nSPS) is 17.5. The monoisotopic (exact) mass is 273 g/mol. The number of aryl methyl sites for hydroxylation is 1. The number of para-hydroxylation sites is 2. The van der Waals surface area contributed by atoms with Gasteiger partial charge in [-0.3, -0.25) is 0 Å². The summed E-state index contributed by atoms with van der Waals surface area (Å²) in [5.41, 5.74) is 3.38. The Labute approximate surface area is 118 Å². The first-order chi connectivity index (χ1) is 9.25. The molecule has 0 amide bonds. The summed E-state index contributed by atoms with van der Waals surface area (Å²) in [6.07, 6.45) is 0.946. The van der Waals surface area contributed by atoms with E-state index in [4.69, 9.17) is 16.3 Å². The van der Waals surface area contributed by atoms with Crippen molar-refractivity contribution in [1.29, 1.82) is 0 Å². The van der Waals surface area contributed by atoms with Gasteiger partial charge in [-0.15, -0.1) is 0 Å². The Morgan fingerprint density at radius 2 is 2.00 bits per heavy atom. The van der Waals surface area contributed by atoms with Crippen molar-refractivity contribution in [3.8, 4) is 5.75 Å². The summed E-state index contributed by atoms with van der Waals surface area (Å²) >= 11 is 6.28. The summed E-state index contributed by atoms with van der Waals surface area (Å²) in [6, 6.07) is 14.4. The van der Waals surface area contributed by atoms with Gasteiger partial charge in [0, 0.05) is 12.0 Å². The van der Waals surface area contributed by atoms with Crippen LogP contribution in [0.2, 0.25) is 5.02 Å². The molecule has 3 rings (SSSR count). The molecule has 2 aromatic carbocycles. The van der Waals surface area contributed by atoms with Gasteiger partial charge in [0.25, 0.3) is 0 Å². The van der Waals surface area contributed by atoms with Gasteiger partial charge in [0.2, 0.25) is 0 Å². The highest BCUT2D eigenvalue weighted by Crippen LogP contribution is 2.36. The van der Waals surface area contributed by atoms with Crippen LogP contribution in [-0.4, -0.2) is 6.61 Å². The van der Waals surface area contributed by atoms with Crippen molar-refractivity contribution in [2.75, 3.05) is 11.9 Å². The highest BCUT2D eigenvalue weighted by atomic mass is 35.5. The number of hydrogen-bond donors (Lipinski definition) is 1. The third-order valence-electron chi connectivity index (χ3n) is 3.50. The van der Waals surface area contributed by atoms with E-state index in [-0.39, 0.29) is 6.04 Å². The number of rotatable bonds is 2. The van der Waals surface area contributed by atoms with E-state index < -0.39 is 0 Å². The molecule has 1 aliphatic rings. The fourth-order valence-electron chi connectivity index (χ4n) is 2.48. The predicted molar refractivity (Wildman–Crippen MR) is 79.1 cm³/mol. The Balaban J connectivity index is 1.93. The molecule has 0 spiro atoms. The number of benzene rings is 2.